The molecule has 0 heterocycles. The third-order valence-electron chi connectivity index (χ3n) is 4.92. The molecule has 0 unspecified atom stereocenters. The number of halogens is 2. The van der Waals surface area contributed by atoms with Crippen molar-refractivity contribution in [3.05, 3.63) is 56.6 Å². The van der Waals surface area contributed by atoms with Crippen LogP contribution < -0.4 is 18.9 Å². The molecule has 0 saturated heterocycles. The largest absolute Gasteiger partial charge is 0.493 e. The van der Waals surface area contributed by atoms with Gasteiger partial charge < -0.3 is 18.9 Å². The van der Waals surface area contributed by atoms with Crippen LogP contribution in [0.15, 0.2) is 35.4 Å². The number of allylic oxidation sites excluding steroid dienone is 2. The van der Waals surface area contributed by atoms with Gasteiger partial charge in [-0.25, -0.2) is 0 Å². The van der Waals surface area contributed by atoms with Crippen molar-refractivity contribution in [3.8, 4) is 23.0 Å². The van der Waals surface area contributed by atoms with Crippen LogP contribution in [0.2, 0.25) is 10.0 Å². The average Bonchev–Trinajstić information content (AvgIpc) is 3.10. The van der Waals surface area contributed by atoms with E-state index in [1.165, 1.54) is 28.1 Å². The van der Waals surface area contributed by atoms with E-state index < -0.39 is 11.9 Å². The Hall–Kier alpha value is -3.29. The summed E-state index contributed by atoms with van der Waals surface area (Å²) >= 11 is 12.5. The molecule has 1 aliphatic carbocycles. The molecule has 34 heavy (non-hydrogen) atoms. The van der Waals surface area contributed by atoms with Gasteiger partial charge in [-0.15, -0.1) is 0 Å². The van der Waals surface area contributed by atoms with Crippen LogP contribution in [0.1, 0.15) is 37.8 Å². The first-order chi connectivity index (χ1) is 16.1. The zero-order valence-corrected chi connectivity index (χ0v) is 20.5. The van der Waals surface area contributed by atoms with Gasteiger partial charge in [0.15, 0.2) is 28.8 Å². The number of hydrogen-bond acceptors (Lipinski definition) is 7. The number of Topliss-reactive ketones (excluding diaryl/α,β-unsaturated/α-hetero) is 1. The molecule has 0 amide bonds. The summed E-state index contributed by atoms with van der Waals surface area (Å²) in [6, 6.07) is 6.49. The fraction of sp³-hybridized carbons (Fsp3) is 0.240. The molecule has 0 N–H and O–H groups in total. The summed E-state index contributed by atoms with van der Waals surface area (Å²) in [5.41, 5.74) is 2.47. The van der Waals surface area contributed by atoms with E-state index in [0.717, 1.165) is 0 Å². The standard InChI is InChI=1S/C25H22Cl2O7/c1-13(28)33-24-19(26)9-15(11-21(24)31-3)7-17-5-6-18(23(17)30)8-16-10-20(27)25(34-14(2)29)22(12-16)32-4/h7-12H,5-6H2,1-4H3/b17-7-,18-8-. The van der Waals surface area contributed by atoms with E-state index >= 15 is 0 Å². The molecule has 2 aromatic carbocycles. The van der Waals surface area contributed by atoms with Crippen molar-refractivity contribution in [2.24, 2.45) is 0 Å². The average molecular weight is 505 g/mol. The molecule has 2 aromatic rings. The number of carbonyl (C=O) groups is 3. The Morgan fingerprint density at radius 2 is 1.15 bits per heavy atom. The Morgan fingerprint density at radius 3 is 1.47 bits per heavy atom. The highest BCUT2D eigenvalue weighted by atomic mass is 35.5. The second kappa shape index (κ2) is 10.8. The molecule has 0 atom stereocenters. The third-order valence-corrected chi connectivity index (χ3v) is 5.49. The van der Waals surface area contributed by atoms with Gasteiger partial charge in [0, 0.05) is 25.0 Å². The molecular formula is C25H22Cl2O7. The van der Waals surface area contributed by atoms with Gasteiger partial charge in [0.1, 0.15) is 0 Å². The number of methoxy groups -OCH3 is 2. The van der Waals surface area contributed by atoms with Crippen molar-refractivity contribution in [2.45, 2.75) is 26.7 Å². The van der Waals surface area contributed by atoms with Gasteiger partial charge in [-0.2, -0.15) is 0 Å². The molecule has 1 fully saturated rings. The van der Waals surface area contributed by atoms with E-state index in [2.05, 4.69) is 0 Å². The maximum Gasteiger partial charge on any atom is 0.308 e. The molecule has 0 spiro atoms. The molecule has 1 aliphatic rings. The van der Waals surface area contributed by atoms with Crippen molar-refractivity contribution < 1.29 is 33.3 Å². The van der Waals surface area contributed by atoms with Crippen LogP contribution in [0, 0.1) is 0 Å². The van der Waals surface area contributed by atoms with E-state index in [1.54, 1.807) is 36.4 Å². The van der Waals surface area contributed by atoms with Crippen LogP contribution in [0.25, 0.3) is 12.2 Å². The van der Waals surface area contributed by atoms with E-state index in [-0.39, 0.29) is 38.8 Å². The lowest BCUT2D eigenvalue weighted by Gasteiger charge is -2.11. The molecule has 178 valence electrons. The Kier molecular flexibility index (Phi) is 8.02. The Labute approximate surface area is 206 Å². The minimum atomic E-state index is -0.523. The monoisotopic (exact) mass is 504 g/mol. The van der Waals surface area contributed by atoms with E-state index in [9.17, 15) is 14.4 Å². The Balaban J connectivity index is 1.90. The van der Waals surface area contributed by atoms with E-state index in [1.807, 2.05) is 0 Å². The fourth-order valence-corrected chi connectivity index (χ4v) is 4.03. The second-order valence-electron chi connectivity index (χ2n) is 7.42. The Bertz CT molecular complexity index is 1130. The van der Waals surface area contributed by atoms with Gasteiger partial charge in [-0.3, -0.25) is 14.4 Å². The highest BCUT2D eigenvalue weighted by Crippen LogP contribution is 2.40. The first-order valence-electron chi connectivity index (χ1n) is 10.2. The predicted octanol–water partition coefficient (Wildman–Crippen LogP) is 5.69. The number of benzene rings is 2. The number of esters is 2. The van der Waals surface area contributed by atoms with E-state index in [4.69, 9.17) is 42.1 Å². The highest BCUT2D eigenvalue weighted by Gasteiger charge is 2.24. The topological polar surface area (TPSA) is 88.1 Å². The number of ether oxygens (including phenoxy) is 4. The molecule has 0 bridgehead atoms. The number of ketones is 1. The van der Waals surface area contributed by atoms with Crippen molar-refractivity contribution in [2.75, 3.05) is 14.2 Å². The quantitative estimate of drug-likeness (QED) is 0.283. The molecule has 3 rings (SSSR count). The normalized spacial score (nSPS) is 15.5. The number of rotatable bonds is 6. The van der Waals surface area contributed by atoms with Crippen LogP contribution >= 0.6 is 23.2 Å². The molecule has 0 aliphatic heterocycles. The van der Waals surface area contributed by atoms with Crippen LogP contribution in [-0.4, -0.2) is 31.9 Å². The fourth-order valence-electron chi connectivity index (χ4n) is 3.51. The Morgan fingerprint density at radius 1 is 0.765 bits per heavy atom. The summed E-state index contributed by atoms with van der Waals surface area (Å²) in [6.07, 6.45) is 4.53. The molecule has 1 saturated carbocycles. The molecule has 7 nitrogen and oxygen atoms in total. The van der Waals surface area contributed by atoms with Gasteiger partial charge in [-0.05, 0) is 60.4 Å². The maximum absolute atomic E-state index is 13.0. The molecule has 0 radical (unpaired) electrons. The van der Waals surface area contributed by atoms with Crippen LogP contribution in [0.3, 0.4) is 0 Å². The summed E-state index contributed by atoms with van der Waals surface area (Å²) in [4.78, 5) is 35.6. The molecule has 9 heteroatoms. The summed E-state index contributed by atoms with van der Waals surface area (Å²) in [5, 5.41) is 0.384. The summed E-state index contributed by atoms with van der Waals surface area (Å²) in [5.74, 6) is -0.344. The lowest BCUT2D eigenvalue weighted by molar-refractivity contribution is -0.132. The SMILES string of the molecule is COc1cc(/C=C2/CC/C(=C/c3cc(Cl)c(OC(C)=O)c(OC)c3)C2=O)cc(Cl)c1OC(C)=O. The highest BCUT2D eigenvalue weighted by molar-refractivity contribution is 6.33. The van der Waals surface area contributed by atoms with Gasteiger partial charge >= 0.3 is 11.9 Å². The zero-order valence-electron chi connectivity index (χ0n) is 19.0. The van der Waals surface area contributed by atoms with Crippen LogP contribution in [-0.2, 0) is 14.4 Å². The maximum atomic E-state index is 13.0. The minimum Gasteiger partial charge on any atom is -0.493 e. The van der Waals surface area contributed by atoms with Crippen molar-refractivity contribution in [1.29, 1.82) is 0 Å². The smallest absolute Gasteiger partial charge is 0.308 e. The van der Waals surface area contributed by atoms with Gasteiger partial charge in [0.05, 0.1) is 24.3 Å². The van der Waals surface area contributed by atoms with Gasteiger partial charge in [0.25, 0.3) is 0 Å². The van der Waals surface area contributed by atoms with Gasteiger partial charge in [0.2, 0.25) is 0 Å². The number of hydrogen-bond donors (Lipinski definition) is 0. The van der Waals surface area contributed by atoms with E-state index in [0.29, 0.717) is 35.1 Å². The first-order valence-corrected chi connectivity index (χ1v) is 11.0. The second-order valence-corrected chi connectivity index (χ2v) is 8.24. The zero-order chi connectivity index (χ0) is 25.0. The predicted molar refractivity (Wildman–Crippen MR) is 129 cm³/mol. The van der Waals surface area contributed by atoms with Crippen molar-refractivity contribution >= 4 is 53.1 Å². The molecular weight excluding hydrogens is 483 g/mol. The van der Waals surface area contributed by atoms with Crippen LogP contribution in [0.5, 0.6) is 23.0 Å². The minimum absolute atomic E-state index is 0.113. The lowest BCUT2D eigenvalue weighted by atomic mass is 10.1. The van der Waals surface area contributed by atoms with Crippen LogP contribution in [0.4, 0.5) is 0 Å². The van der Waals surface area contributed by atoms with Crippen molar-refractivity contribution in [3.63, 3.8) is 0 Å². The molecule has 0 aromatic heterocycles. The van der Waals surface area contributed by atoms with Crippen molar-refractivity contribution in [1.82, 2.24) is 0 Å². The lowest BCUT2D eigenvalue weighted by Crippen LogP contribution is -2.04. The summed E-state index contributed by atoms with van der Waals surface area (Å²) in [7, 11) is 2.87. The first kappa shape index (κ1) is 25.3. The third kappa shape index (κ3) is 5.79. The summed E-state index contributed by atoms with van der Waals surface area (Å²) in [6.45, 7) is 2.53. The number of carbonyl (C=O) groups excluding carboxylic acids is 3. The summed E-state index contributed by atoms with van der Waals surface area (Å²) < 4.78 is 20.8. The van der Waals surface area contributed by atoms with Gasteiger partial charge in [-0.1, -0.05) is 23.2 Å².